The number of nitrogens with one attached hydrogen (secondary N) is 1. The Bertz CT molecular complexity index is 829. The van der Waals surface area contributed by atoms with E-state index in [1.54, 1.807) is 24.3 Å². The summed E-state index contributed by atoms with van der Waals surface area (Å²) < 4.78 is 2.46. The quantitative estimate of drug-likeness (QED) is 0.813. The monoisotopic (exact) mass is 393 g/mol. The minimum absolute atomic E-state index is 0.0505. The van der Waals surface area contributed by atoms with Crippen molar-refractivity contribution in [2.45, 2.75) is 32.9 Å². The Morgan fingerprint density at radius 1 is 1.19 bits per heavy atom. The molecule has 0 spiro atoms. The lowest BCUT2D eigenvalue weighted by Crippen LogP contribution is -2.49. The molecule has 1 aliphatic heterocycles. The summed E-state index contributed by atoms with van der Waals surface area (Å²) in [6.07, 6.45) is 0. The summed E-state index contributed by atoms with van der Waals surface area (Å²) in [5.74, 6) is 0.938. The highest BCUT2D eigenvalue weighted by atomic mass is 35.5. The van der Waals surface area contributed by atoms with Crippen LogP contribution >= 0.6 is 23.8 Å². The van der Waals surface area contributed by atoms with Gasteiger partial charge in [-0.15, -0.1) is 0 Å². The molecule has 0 unspecified atom stereocenters. The minimum Gasteiger partial charge on any atom is -0.336 e. The Hall–Kier alpha value is -1.70. The third kappa shape index (κ3) is 4.34. The number of rotatable bonds is 3. The summed E-state index contributed by atoms with van der Waals surface area (Å²) in [5.41, 5.74) is 0.608. The Morgan fingerprint density at radius 3 is 2.35 bits per heavy atom. The molecule has 1 N–H and O–H groups in total. The average Bonchev–Trinajstić information content (AvgIpc) is 2.97. The van der Waals surface area contributed by atoms with Crippen LogP contribution in [-0.4, -0.2) is 56.7 Å². The van der Waals surface area contributed by atoms with Gasteiger partial charge in [0.15, 0.2) is 0 Å². The predicted octanol–water partition coefficient (Wildman–Crippen LogP) is 3.31. The summed E-state index contributed by atoms with van der Waals surface area (Å²) in [6.45, 7) is 9.94. The van der Waals surface area contributed by atoms with Gasteiger partial charge in [-0.2, -0.15) is 0 Å². The molecule has 2 heterocycles. The first-order valence-corrected chi connectivity index (χ1v) is 9.47. The van der Waals surface area contributed by atoms with Crippen molar-refractivity contribution in [3.05, 3.63) is 45.4 Å². The number of aromatic amines is 1. The second-order valence-electron chi connectivity index (χ2n) is 7.59. The van der Waals surface area contributed by atoms with E-state index in [4.69, 9.17) is 23.8 Å². The van der Waals surface area contributed by atoms with E-state index in [-0.39, 0.29) is 11.3 Å². The van der Waals surface area contributed by atoms with Gasteiger partial charge in [0.05, 0.1) is 6.67 Å². The zero-order valence-electron chi connectivity index (χ0n) is 15.3. The van der Waals surface area contributed by atoms with Crippen LogP contribution in [0.15, 0.2) is 24.3 Å². The van der Waals surface area contributed by atoms with Gasteiger partial charge in [0, 0.05) is 42.2 Å². The maximum Gasteiger partial charge on any atom is 0.253 e. The number of hydrogen-bond acceptors (Lipinski definition) is 4. The van der Waals surface area contributed by atoms with Crippen molar-refractivity contribution >= 4 is 29.7 Å². The fourth-order valence-electron chi connectivity index (χ4n) is 2.86. The summed E-state index contributed by atoms with van der Waals surface area (Å²) in [6, 6.07) is 7.04. The number of carbonyl (C=O) groups is 1. The molecule has 0 saturated carbocycles. The average molecular weight is 394 g/mol. The SMILES string of the molecule is CC(C)(C)c1nc(=S)n(CN2CCN(C(=O)c3ccc(Cl)cc3)CC2)[nH]1. The van der Waals surface area contributed by atoms with Gasteiger partial charge in [0.25, 0.3) is 5.91 Å². The van der Waals surface area contributed by atoms with E-state index in [1.807, 2.05) is 9.58 Å². The molecule has 140 valence electrons. The number of nitrogens with zero attached hydrogens (tertiary/aromatic N) is 4. The molecule has 26 heavy (non-hydrogen) atoms. The van der Waals surface area contributed by atoms with Crippen LogP contribution in [0.4, 0.5) is 0 Å². The normalized spacial score (nSPS) is 16.1. The first kappa shape index (κ1) is 19.1. The largest absolute Gasteiger partial charge is 0.336 e. The molecule has 1 aromatic heterocycles. The number of hydrogen-bond donors (Lipinski definition) is 1. The van der Waals surface area contributed by atoms with Crippen LogP contribution < -0.4 is 0 Å². The zero-order valence-corrected chi connectivity index (χ0v) is 16.9. The van der Waals surface area contributed by atoms with Gasteiger partial charge in [0.1, 0.15) is 5.82 Å². The number of benzene rings is 1. The maximum atomic E-state index is 12.6. The van der Waals surface area contributed by atoms with Gasteiger partial charge in [0.2, 0.25) is 4.77 Å². The Balaban J connectivity index is 1.59. The molecular formula is C18H24ClN5OS. The first-order chi connectivity index (χ1) is 12.2. The lowest BCUT2D eigenvalue weighted by atomic mass is 9.96. The van der Waals surface area contributed by atoms with Crippen LogP contribution in [0.1, 0.15) is 37.0 Å². The van der Waals surface area contributed by atoms with Crippen molar-refractivity contribution < 1.29 is 4.79 Å². The molecule has 0 aliphatic carbocycles. The summed E-state index contributed by atoms with van der Waals surface area (Å²) in [7, 11) is 0. The lowest BCUT2D eigenvalue weighted by Gasteiger charge is -2.34. The second kappa shape index (κ2) is 7.50. The van der Waals surface area contributed by atoms with E-state index in [9.17, 15) is 4.79 Å². The van der Waals surface area contributed by atoms with Crippen LogP contribution in [0.5, 0.6) is 0 Å². The standard InChI is InChI=1S/C18H24ClN5OS/c1-18(2,3)16-20-17(26)24(21-16)12-22-8-10-23(11-9-22)15(25)13-4-6-14(19)7-5-13/h4-7H,8-12H2,1-3H3,(H,20,21,26). The van der Waals surface area contributed by atoms with Crippen LogP contribution in [0, 0.1) is 4.77 Å². The third-order valence-corrected chi connectivity index (χ3v) is 5.05. The van der Waals surface area contributed by atoms with Crippen LogP contribution in [0.3, 0.4) is 0 Å². The molecule has 1 aliphatic rings. The fourth-order valence-corrected chi connectivity index (χ4v) is 3.18. The van der Waals surface area contributed by atoms with Gasteiger partial charge in [-0.1, -0.05) is 32.4 Å². The molecule has 0 bridgehead atoms. The molecule has 1 amide bonds. The fraction of sp³-hybridized carbons (Fsp3) is 0.500. The van der Waals surface area contributed by atoms with Crippen LogP contribution in [0.25, 0.3) is 0 Å². The number of piperazine rings is 1. The number of H-pyrrole nitrogens is 1. The van der Waals surface area contributed by atoms with Gasteiger partial charge in [-0.3, -0.25) is 14.8 Å². The van der Waals surface area contributed by atoms with Crippen LogP contribution in [0.2, 0.25) is 5.02 Å². The maximum absolute atomic E-state index is 12.6. The van der Waals surface area contributed by atoms with E-state index in [2.05, 4.69) is 35.8 Å². The zero-order chi connectivity index (χ0) is 18.9. The topological polar surface area (TPSA) is 57.2 Å². The molecule has 3 rings (SSSR count). The molecule has 0 atom stereocenters. The number of aromatic nitrogens is 3. The molecule has 2 aromatic rings. The van der Waals surface area contributed by atoms with E-state index in [0.717, 1.165) is 18.9 Å². The Morgan fingerprint density at radius 2 is 1.81 bits per heavy atom. The minimum atomic E-state index is -0.0670. The predicted molar refractivity (Wildman–Crippen MR) is 105 cm³/mol. The summed E-state index contributed by atoms with van der Waals surface area (Å²) >= 11 is 11.3. The first-order valence-electron chi connectivity index (χ1n) is 8.68. The second-order valence-corrected chi connectivity index (χ2v) is 8.39. The Kier molecular flexibility index (Phi) is 5.50. The molecule has 1 aromatic carbocycles. The van der Waals surface area contributed by atoms with Crippen molar-refractivity contribution in [1.29, 1.82) is 0 Å². The molecular weight excluding hydrogens is 370 g/mol. The number of halogens is 1. The van der Waals surface area contributed by atoms with Gasteiger partial charge in [-0.25, -0.2) is 9.67 Å². The third-order valence-electron chi connectivity index (χ3n) is 4.48. The van der Waals surface area contributed by atoms with Gasteiger partial charge >= 0.3 is 0 Å². The van der Waals surface area contributed by atoms with Crippen molar-refractivity contribution in [1.82, 2.24) is 24.6 Å². The summed E-state index contributed by atoms with van der Waals surface area (Å²) in [4.78, 5) is 21.2. The van der Waals surface area contributed by atoms with E-state index in [0.29, 0.717) is 35.1 Å². The van der Waals surface area contributed by atoms with E-state index < -0.39 is 0 Å². The van der Waals surface area contributed by atoms with E-state index in [1.165, 1.54) is 0 Å². The number of amides is 1. The molecule has 0 radical (unpaired) electrons. The number of carbonyl (C=O) groups excluding carboxylic acids is 1. The van der Waals surface area contributed by atoms with Crippen LogP contribution in [-0.2, 0) is 12.1 Å². The lowest BCUT2D eigenvalue weighted by molar-refractivity contribution is 0.0585. The van der Waals surface area contributed by atoms with Crippen molar-refractivity contribution in [3.8, 4) is 0 Å². The highest BCUT2D eigenvalue weighted by molar-refractivity contribution is 7.71. The molecule has 6 nitrogen and oxygen atoms in total. The van der Waals surface area contributed by atoms with Crippen molar-refractivity contribution in [2.75, 3.05) is 26.2 Å². The van der Waals surface area contributed by atoms with Crippen molar-refractivity contribution in [2.24, 2.45) is 0 Å². The smallest absolute Gasteiger partial charge is 0.253 e. The summed E-state index contributed by atoms with van der Waals surface area (Å²) in [5, 5.41) is 3.94. The Labute approximate surface area is 163 Å². The molecule has 1 fully saturated rings. The van der Waals surface area contributed by atoms with E-state index >= 15 is 0 Å². The van der Waals surface area contributed by atoms with Gasteiger partial charge < -0.3 is 4.90 Å². The van der Waals surface area contributed by atoms with Crippen molar-refractivity contribution in [3.63, 3.8) is 0 Å². The molecule has 1 saturated heterocycles. The highest BCUT2D eigenvalue weighted by Crippen LogP contribution is 2.18. The molecule has 8 heteroatoms. The van der Waals surface area contributed by atoms with Gasteiger partial charge in [-0.05, 0) is 36.5 Å². The highest BCUT2D eigenvalue weighted by Gasteiger charge is 2.23.